The number of amides is 2. The number of hydrogen-bond donors (Lipinski definition) is 1. The van der Waals surface area contributed by atoms with Crippen LogP contribution in [0.25, 0.3) is 0 Å². The summed E-state index contributed by atoms with van der Waals surface area (Å²) < 4.78 is 48.4. The fourth-order valence-electron chi connectivity index (χ4n) is 5.49. The second kappa shape index (κ2) is 15.2. The van der Waals surface area contributed by atoms with Gasteiger partial charge in [0.2, 0.25) is 11.8 Å². The van der Waals surface area contributed by atoms with E-state index < -0.39 is 34.3 Å². The predicted octanol–water partition coefficient (Wildman–Crippen LogP) is 5.98. The maximum atomic E-state index is 14.2. The Hall–Kier alpha value is -3.92. The van der Waals surface area contributed by atoms with Crippen LogP contribution < -0.4 is 14.4 Å². The van der Waals surface area contributed by atoms with E-state index in [0.717, 1.165) is 42.0 Å². The van der Waals surface area contributed by atoms with Gasteiger partial charge in [-0.15, -0.1) is 0 Å². The van der Waals surface area contributed by atoms with E-state index in [0.29, 0.717) is 24.3 Å². The first kappa shape index (κ1) is 33.0. The van der Waals surface area contributed by atoms with Crippen molar-refractivity contribution in [3.05, 3.63) is 89.7 Å². The fourth-order valence-corrected chi connectivity index (χ4v) is 6.91. The summed E-state index contributed by atoms with van der Waals surface area (Å²) in [4.78, 5) is 29.3. The number of halogens is 1. The first-order valence-corrected chi connectivity index (χ1v) is 16.7. The largest absolute Gasteiger partial charge is 0.494 e. The predicted molar refractivity (Wildman–Crippen MR) is 169 cm³/mol. The molecule has 4 rings (SSSR count). The van der Waals surface area contributed by atoms with Gasteiger partial charge < -0.3 is 15.0 Å². The SMILES string of the molecule is CCOc1ccc(N(CC(=O)N(Cc2ccc(F)cc2)C(CC)C(=O)NC2CCCCC2)S(=O)(=O)c2ccc(C)cc2)cc1. The average molecular weight is 624 g/mol. The molecule has 0 aliphatic heterocycles. The molecule has 1 fully saturated rings. The van der Waals surface area contributed by atoms with Crippen molar-refractivity contribution in [2.24, 2.45) is 0 Å². The standard InChI is InChI=1S/C34H42FN3O5S/c1-4-32(34(40)36-28-9-7-6-8-10-28)37(23-26-13-15-27(35)16-14-26)33(39)24-38(29-17-19-30(20-18-29)43-5-2)44(41,42)31-21-11-25(3)12-22-31/h11-22,28,32H,4-10,23-24H2,1-3H3,(H,36,40). The van der Waals surface area contributed by atoms with Crippen LogP contribution in [0.4, 0.5) is 10.1 Å². The summed E-state index contributed by atoms with van der Waals surface area (Å²) in [5.41, 5.74) is 1.80. The number of aryl methyl sites for hydroxylation is 1. The Labute approximate surface area is 260 Å². The number of carbonyl (C=O) groups is 2. The summed E-state index contributed by atoms with van der Waals surface area (Å²) in [5, 5.41) is 3.13. The highest BCUT2D eigenvalue weighted by Gasteiger charge is 2.34. The lowest BCUT2D eigenvalue weighted by atomic mass is 9.95. The minimum Gasteiger partial charge on any atom is -0.494 e. The third-order valence-corrected chi connectivity index (χ3v) is 9.72. The summed E-state index contributed by atoms with van der Waals surface area (Å²) in [6, 6.07) is 17.9. The Balaban J connectivity index is 1.70. The van der Waals surface area contributed by atoms with Crippen LogP contribution in [0.1, 0.15) is 63.5 Å². The Kier molecular flexibility index (Phi) is 11.4. The highest BCUT2D eigenvalue weighted by atomic mass is 32.2. The quantitative estimate of drug-likeness (QED) is 0.253. The number of nitrogens with one attached hydrogen (secondary N) is 1. The molecule has 2 amide bonds. The molecule has 10 heteroatoms. The molecule has 0 saturated heterocycles. The van der Waals surface area contributed by atoms with Crippen molar-refractivity contribution < 1.29 is 27.1 Å². The van der Waals surface area contributed by atoms with Gasteiger partial charge in [-0.3, -0.25) is 13.9 Å². The molecule has 1 atom stereocenters. The molecule has 44 heavy (non-hydrogen) atoms. The molecule has 3 aromatic rings. The highest BCUT2D eigenvalue weighted by molar-refractivity contribution is 7.92. The summed E-state index contributed by atoms with van der Waals surface area (Å²) in [5.74, 6) is -0.674. The normalized spacial score (nSPS) is 14.5. The Bertz CT molecular complexity index is 1490. The minimum absolute atomic E-state index is 0.0113. The third kappa shape index (κ3) is 8.37. The van der Waals surface area contributed by atoms with E-state index in [4.69, 9.17) is 4.74 Å². The number of benzene rings is 3. The topological polar surface area (TPSA) is 96.0 Å². The zero-order valence-corrected chi connectivity index (χ0v) is 26.5. The molecule has 0 spiro atoms. The second-order valence-electron chi connectivity index (χ2n) is 11.2. The lowest BCUT2D eigenvalue weighted by Crippen LogP contribution is -2.54. The van der Waals surface area contributed by atoms with Crippen LogP contribution in [-0.4, -0.2) is 50.4 Å². The van der Waals surface area contributed by atoms with Crippen LogP contribution >= 0.6 is 0 Å². The second-order valence-corrected chi connectivity index (χ2v) is 13.0. The van der Waals surface area contributed by atoms with E-state index >= 15 is 0 Å². The maximum absolute atomic E-state index is 14.2. The van der Waals surface area contributed by atoms with Crippen LogP contribution in [0, 0.1) is 12.7 Å². The maximum Gasteiger partial charge on any atom is 0.264 e. The summed E-state index contributed by atoms with van der Waals surface area (Å²) >= 11 is 0. The molecule has 1 N–H and O–H groups in total. The van der Waals surface area contributed by atoms with Crippen LogP contribution in [0.2, 0.25) is 0 Å². The van der Waals surface area contributed by atoms with E-state index in [1.54, 1.807) is 48.5 Å². The smallest absolute Gasteiger partial charge is 0.264 e. The van der Waals surface area contributed by atoms with Crippen molar-refractivity contribution in [1.82, 2.24) is 10.2 Å². The van der Waals surface area contributed by atoms with Gasteiger partial charge in [-0.2, -0.15) is 0 Å². The van der Waals surface area contributed by atoms with Crippen molar-refractivity contribution in [3.63, 3.8) is 0 Å². The lowest BCUT2D eigenvalue weighted by Gasteiger charge is -2.34. The molecule has 236 valence electrons. The van der Waals surface area contributed by atoms with Gasteiger partial charge >= 0.3 is 0 Å². The van der Waals surface area contributed by atoms with Crippen LogP contribution in [0.15, 0.2) is 77.7 Å². The number of nitrogens with zero attached hydrogens (tertiary/aromatic N) is 2. The number of hydrogen-bond acceptors (Lipinski definition) is 5. The van der Waals surface area contributed by atoms with Crippen molar-refractivity contribution in [1.29, 1.82) is 0 Å². The average Bonchev–Trinajstić information content (AvgIpc) is 3.02. The molecule has 1 unspecified atom stereocenters. The molecule has 0 bridgehead atoms. The zero-order chi connectivity index (χ0) is 31.7. The van der Waals surface area contributed by atoms with Crippen LogP contribution in [-0.2, 0) is 26.2 Å². The number of carbonyl (C=O) groups excluding carboxylic acids is 2. The van der Waals surface area contributed by atoms with E-state index in [9.17, 15) is 22.4 Å². The van der Waals surface area contributed by atoms with E-state index in [1.807, 2.05) is 20.8 Å². The van der Waals surface area contributed by atoms with Gasteiger partial charge in [0.05, 0.1) is 17.2 Å². The molecule has 1 aliphatic rings. The first-order chi connectivity index (χ1) is 21.1. The van der Waals surface area contributed by atoms with E-state index in [2.05, 4.69) is 5.32 Å². The van der Waals surface area contributed by atoms with Crippen molar-refractivity contribution >= 4 is 27.5 Å². The Morgan fingerprint density at radius 3 is 2.16 bits per heavy atom. The Morgan fingerprint density at radius 2 is 1.57 bits per heavy atom. The van der Waals surface area contributed by atoms with Crippen molar-refractivity contribution in [2.75, 3.05) is 17.5 Å². The minimum atomic E-state index is -4.18. The number of anilines is 1. The molecule has 8 nitrogen and oxygen atoms in total. The monoisotopic (exact) mass is 623 g/mol. The van der Waals surface area contributed by atoms with Crippen molar-refractivity contribution in [3.8, 4) is 5.75 Å². The van der Waals surface area contributed by atoms with E-state index in [-0.39, 0.29) is 29.1 Å². The highest BCUT2D eigenvalue weighted by Crippen LogP contribution is 2.27. The fraction of sp³-hybridized carbons (Fsp3) is 0.412. The molecule has 0 aromatic heterocycles. The molecular formula is C34H42FN3O5S. The molecule has 0 heterocycles. The van der Waals surface area contributed by atoms with Crippen LogP contribution in [0.3, 0.4) is 0 Å². The molecule has 1 saturated carbocycles. The molecule has 1 aliphatic carbocycles. The van der Waals surface area contributed by atoms with Gasteiger partial charge in [-0.05, 0) is 87.2 Å². The first-order valence-electron chi connectivity index (χ1n) is 15.3. The van der Waals surface area contributed by atoms with Crippen molar-refractivity contribution in [2.45, 2.75) is 82.8 Å². The molecule has 3 aromatic carbocycles. The number of sulfonamides is 1. The lowest BCUT2D eigenvalue weighted by molar-refractivity contribution is -0.140. The van der Waals surface area contributed by atoms with E-state index in [1.165, 1.54) is 29.2 Å². The van der Waals surface area contributed by atoms with Gasteiger partial charge in [0, 0.05) is 12.6 Å². The molecule has 0 radical (unpaired) electrons. The van der Waals surface area contributed by atoms with Gasteiger partial charge in [-0.1, -0.05) is 56.0 Å². The Morgan fingerprint density at radius 1 is 0.932 bits per heavy atom. The molecular weight excluding hydrogens is 581 g/mol. The third-order valence-electron chi connectivity index (χ3n) is 7.93. The summed E-state index contributed by atoms with van der Waals surface area (Å²) in [7, 11) is -4.18. The van der Waals surface area contributed by atoms with Crippen LogP contribution in [0.5, 0.6) is 5.75 Å². The van der Waals surface area contributed by atoms with Gasteiger partial charge in [0.25, 0.3) is 10.0 Å². The van der Waals surface area contributed by atoms with Gasteiger partial charge in [0.15, 0.2) is 0 Å². The zero-order valence-electron chi connectivity index (χ0n) is 25.7. The van der Waals surface area contributed by atoms with Gasteiger partial charge in [0.1, 0.15) is 24.2 Å². The summed E-state index contributed by atoms with van der Waals surface area (Å²) in [6.07, 6.45) is 5.29. The number of ether oxygens (including phenoxy) is 1. The summed E-state index contributed by atoms with van der Waals surface area (Å²) in [6.45, 7) is 5.45. The number of rotatable bonds is 13. The van der Waals surface area contributed by atoms with Gasteiger partial charge in [-0.25, -0.2) is 12.8 Å².